The molecule has 0 saturated carbocycles. The molecule has 1 saturated heterocycles. The van der Waals surface area contributed by atoms with Crippen molar-refractivity contribution < 1.29 is 4.74 Å². The van der Waals surface area contributed by atoms with Crippen LogP contribution in [-0.4, -0.2) is 43.3 Å². The topological polar surface area (TPSA) is 102 Å². The molecule has 0 aliphatic carbocycles. The molecule has 9 nitrogen and oxygen atoms in total. The van der Waals surface area contributed by atoms with Crippen LogP contribution in [0.4, 0.5) is 0 Å². The Labute approximate surface area is 172 Å². The molecule has 0 bridgehead atoms. The molecule has 30 heavy (non-hydrogen) atoms. The molecule has 158 valence electrons. The van der Waals surface area contributed by atoms with Crippen molar-refractivity contribution in [2.75, 3.05) is 13.2 Å². The van der Waals surface area contributed by atoms with E-state index in [-0.39, 0.29) is 22.9 Å². The van der Waals surface area contributed by atoms with Crippen LogP contribution >= 0.6 is 0 Å². The molecule has 0 amide bonds. The highest BCUT2D eigenvalue weighted by Crippen LogP contribution is 2.16. The third-order valence-electron chi connectivity index (χ3n) is 5.53. The minimum atomic E-state index is -0.369. The predicted octanol–water partition coefficient (Wildman–Crippen LogP) is 0.502. The zero-order valence-corrected chi connectivity index (χ0v) is 17.1. The van der Waals surface area contributed by atoms with Crippen molar-refractivity contribution in [3.8, 4) is 0 Å². The number of hydrogen-bond donors (Lipinski definition) is 1. The minimum Gasteiger partial charge on any atom is -0.377 e. The summed E-state index contributed by atoms with van der Waals surface area (Å²) in [6.45, 7) is 2.06. The number of H-pyrrole nitrogens is 1. The van der Waals surface area contributed by atoms with Gasteiger partial charge < -0.3 is 9.72 Å². The van der Waals surface area contributed by atoms with Gasteiger partial charge in [0, 0.05) is 45.6 Å². The largest absolute Gasteiger partial charge is 0.377 e. The maximum absolute atomic E-state index is 12.4. The lowest BCUT2D eigenvalue weighted by Crippen LogP contribution is -2.40. The first-order valence-corrected chi connectivity index (χ1v) is 10.00. The Bertz CT molecular complexity index is 1240. The summed E-state index contributed by atoms with van der Waals surface area (Å²) >= 11 is 0. The normalized spacial score (nSPS) is 16.6. The number of ether oxygens (including phenoxy) is 1. The van der Waals surface area contributed by atoms with Crippen molar-refractivity contribution in [2.45, 2.75) is 32.0 Å². The Morgan fingerprint density at radius 3 is 2.73 bits per heavy atom. The fourth-order valence-electron chi connectivity index (χ4n) is 3.84. The first-order valence-electron chi connectivity index (χ1n) is 10.00. The number of hydrogen-bond acceptors (Lipinski definition) is 6. The number of aromatic amines is 1. The van der Waals surface area contributed by atoms with E-state index in [0.717, 1.165) is 24.0 Å². The summed E-state index contributed by atoms with van der Waals surface area (Å²) in [7, 11) is 3.11. The summed E-state index contributed by atoms with van der Waals surface area (Å²) in [5, 5.41) is 0.542. The van der Waals surface area contributed by atoms with Crippen LogP contribution in [0, 0.1) is 0 Å². The van der Waals surface area contributed by atoms with Gasteiger partial charge in [-0.2, -0.15) is 0 Å². The quantitative estimate of drug-likeness (QED) is 0.634. The molecule has 0 spiro atoms. The Hall–Kier alpha value is -3.04. The molecular weight excluding hydrogens is 386 g/mol. The van der Waals surface area contributed by atoms with Crippen molar-refractivity contribution in [2.24, 2.45) is 14.1 Å². The molecule has 1 aliphatic heterocycles. The molecule has 1 N–H and O–H groups in total. The second-order valence-electron chi connectivity index (χ2n) is 7.71. The first kappa shape index (κ1) is 20.2. The molecule has 1 atom stereocenters. The average molecular weight is 411 g/mol. The maximum atomic E-state index is 12.4. The number of nitrogens with zero attached hydrogens (tertiary/aromatic N) is 4. The van der Waals surface area contributed by atoms with Gasteiger partial charge in [0.2, 0.25) is 0 Å². The summed E-state index contributed by atoms with van der Waals surface area (Å²) in [6.07, 6.45) is 2.03. The van der Waals surface area contributed by atoms with E-state index in [4.69, 9.17) is 4.74 Å². The third kappa shape index (κ3) is 4.12. The van der Waals surface area contributed by atoms with Crippen LogP contribution in [0.5, 0.6) is 0 Å². The number of para-hydroxylation sites is 1. The summed E-state index contributed by atoms with van der Waals surface area (Å²) in [4.78, 5) is 46.4. The van der Waals surface area contributed by atoms with Crippen molar-refractivity contribution in [3.05, 3.63) is 73.0 Å². The van der Waals surface area contributed by atoms with Crippen LogP contribution in [-0.2, 0) is 31.9 Å². The van der Waals surface area contributed by atoms with Crippen LogP contribution < -0.4 is 16.8 Å². The van der Waals surface area contributed by atoms with E-state index >= 15 is 0 Å². The average Bonchev–Trinajstić information content (AvgIpc) is 3.23. The van der Waals surface area contributed by atoms with E-state index in [9.17, 15) is 14.4 Å². The molecule has 0 radical (unpaired) electrons. The lowest BCUT2D eigenvalue weighted by molar-refractivity contribution is 0.0661. The highest BCUT2D eigenvalue weighted by molar-refractivity contribution is 5.77. The van der Waals surface area contributed by atoms with Crippen LogP contribution in [0.3, 0.4) is 0 Å². The van der Waals surface area contributed by atoms with Gasteiger partial charge in [-0.05, 0) is 25.0 Å². The monoisotopic (exact) mass is 411 g/mol. The number of aromatic nitrogens is 4. The summed E-state index contributed by atoms with van der Waals surface area (Å²) in [6, 6.07) is 8.67. The van der Waals surface area contributed by atoms with E-state index in [1.54, 1.807) is 19.2 Å². The predicted molar refractivity (Wildman–Crippen MR) is 112 cm³/mol. The lowest BCUT2D eigenvalue weighted by Gasteiger charge is -2.25. The van der Waals surface area contributed by atoms with Gasteiger partial charge in [0.1, 0.15) is 5.82 Å². The second-order valence-corrected chi connectivity index (χ2v) is 7.71. The van der Waals surface area contributed by atoms with E-state index in [2.05, 4.69) is 14.9 Å². The van der Waals surface area contributed by atoms with Gasteiger partial charge in [-0.1, -0.05) is 12.1 Å². The van der Waals surface area contributed by atoms with Crippen LogP contribution in [0.1, 0.15) is 24.4 Å². The van der Waals surface area contributed by atoms with Crippen LogP contribution in [0.15, 0.2) is 44.7 Å². The van der Waals surface area contributed by atoms with Crippen molar-refractivity contribution >= 4 is 10.9 Å². The molecule has 9 heteroatoms. The highest BCUT2D eigenvalue weighted by Gasteiger charge is 2.21. The molecule has 0 unspecified atom stereocenters. The molecule has 3 aromatic rings. The third-order valence-corrected chi connectivity index (χ3v) is 5.53. The Balaban J connectivity index is 1.66. The van der Waals surface area contributed by atoms with E-state index in [0.29, 0.717) is 42.1 Å². The van der Waals surface area contributed by atoms with Crippen molar-refractivity contribution in [3.63, 3.8) is 0 Å². The van der Waals surface area contributed by atoms with Gasteiger partial charge in [0.25, 0.3) is 11.1 Å². The van der Waals surface area contributed by atoms with Gasteiger partial charge in [-0.15, -0.1) is 0 Å². The van der Waals surface area contributed by atoms with Gasteiger partial charge in [-0.25, -0.2) is 9.78 Å². The maximum Gasteiger partial charge on any atom is 0.330 e. The lowest BCUT2D eigenvalue weighted by atomic mass is 10.2. The molecule has 1 aliphatic rings. The molecular formula is C21H25N5O4. The summed E-state index contributed by atoms with van der Waals surface area (Å²) in [5.74, 6) is 0.533. The number of benzene rings is 1. The summed E-state index contributed by atoms with van der Waals surface area (Å²) in [5.41, 5.74) is 0.335. The van der Waals surface area contributed by atoms with E-state index < -0.39 is 0 Å². The smallest absolute Gasteiger partial charge is 0.330 e. The molecule has 1 fully saturated rings. The summed E-state index contributed by atoms with van der Waals surface area (Å²) < 4.78 is 8.33. The number of rotatable bonds is 6. The molecule has 1 aromatic carbocycles. The molecule has 4 rings (SSSR count). The van der Waals surface area contributed by atoms with E-state index in [1.807, 2.05) is 12.1 Å². The molecule has 2 aromatic heterocycles. The zero-order valence-electron chi connectivity index (χ0n) is 17.1. The van der Waals surface area contributed by atoms with Crippen LogP contribution in [0.2, 0.25) is 0 Å². The van der Waals surface area contributed by atoms with Crippen LogP contribution in [0.25, 0.3) is 10.9 Å². The van der Waals surface area contributed by atoms with Gasteiger partial charge in [0.15, 0.2) is 0 Å². The van der Waals surface area contributed by atoms with Gasteiger partial charge in [0.05, 0.1) is 23.6 Å². The molecule has 3 heterocycles. The van der Waals surface area contributed by atoms with Gasteiger partial charge >= 0.3 is 5.69 Å². The highest BCUT2D eigenvalue weighted by atomic mass is 16.5. The Kier molecular flexibility index (Phi) is 5.65. The number of nitrogens with one attached hydrogen (secondary N) is 1. The Morgan fingerprint density at radius 1 is 1.17 bits per heavy atom. The SMILES string of the molecule is Cn1c(CN(Cc2nc3ccccc3c(=O)[nH]2)C[C@@H]2CCCO2)cc(=O)n(C)c1=O. The zero-order chi connectivity index (χ0) is 21.3. The minimum absolute atomic E-state index is 0.0701. The fourth-order valence-corrected chi connectivity index (χ4v) is 3.84. The fraction of sp³-hybridized carbons (Fsp3) is 0.429. The van der Waals surface area contributed by atoms with Gasteiger partial charge in [-0.3, -0.25) is 23.6 Å². The number of fused-ring (bicyclic) bond motifs is 1. The van der Waals surface area contributed by atoms with Crippen molar-refractivity contribution in [1.82, 2.24) is 24.0 Å². The first-order chi connectivity index (χ1) is 14.4. The standard InChI is InChI=1S/C21H25N5O4/c1-24-14(10-19(27)25(2)21(24)29)11-26(12-15-6-5-9-30-15)13-18-22-17-8-4-3-7-16(17)20(28)23-18/h3-4,7-8,10,15H,5-6,9,11-13H2,1-2H3,(H,22,23,28)/t15-/m0/s1. The second kappa shape index (κ2) is 8.37. The van der Waals surface area contributed by atoms with Crippen molar-refractivity contribution in [1.29, 1.82) is 0 Å². The Morgan fingerprint density at radius 2 is 1.97 bits per heavy atom. The van der Waals surface area contributed by atoms with E-state index in [1.165, 1.54) is 17.7 Å².